The lowest BCUT2D eigenvalue weighted by molar-refractivity contribution is 1.38. The summed E-state index contributed by atoms with van der Waals surface area (Å²) >= 11 is 0. The molecule has 7 aromatic carbocycles. The molecule has 0 saturated heterocycles. The molecule has 0 saturated carbocycles. The third-order valence-electron chi connectivity index (χ3n) is 7.71. The lowest BCUT2D eigenvalue weighted by Gasteiger charge is -2.13. The van der Waals surface area contributed by atoms with Crippen LogP contribution >= 0.6 is 0 Å². The number of para-hydroxylation sites is 1. The van der Waals surface area contributed by atoms with Gasteiger partial charge in [0.2, 0.25) is 0 Å². The summed E-state index contributed by atoms with van der Waals surface area (Å²) in [6.07, 6.45) is 0. The average molecular weight is 528 g/mol. The van der Waals surface area contributed by atoms with Gasteiger partial charge in [-0.15, -0.1) is 0 Å². The van der Waals surface area contributed by atoms with E-state index < -0.39 is 0 Å². The molecule has 0 heterocycles. The van der Waals surface area contributed by atoms with Gasteiger partial charge in [-0.25, -0.2) is 0 Å². The van der Waals surface area contributed by atoms with Crippen molar-refractivity contribution in [1.82, 2.24) is 0 Å². The quantitative estimate of drug-likeness (QED) is 0.160. The van der Waals surface area contributed by atoms with E-state index in [2.05, 4.69) is 142 Å². The van der Waals surface area contributed by atoms with E-state index in [1.165, 1.54) is 54.6 Å². The van der Waals surface area contributed by atoms with Crippen LogP contribution in [0.2, 0.25) is 0 Å². The molecule has 0 unspecified atom stereocenters. The number of hydrogen-bond acceptors (Lipinski definition) is 1. The highest BCUT2D eigenvalue weighted by Crippen LogP contribution is 2.38. The lowest BCUT2D eigenvalue weighted by Crippen LogP contribution is -1.94. The summed E-state index contributed by atoms with van der Waals surface area (Å²) in [7, 11) is 0. The minimum Gasteiger partial charge on any atom is -0.253 e. The van der Waals surface area contributed by atoms with Crippen molar-refractivity contribution in [2.75, 3.05) is 0 Å². The van der Waals surface area contributed by atoms with E-state index in [9.17, 15) is 0 Å². The molecule has 7 rings (SSSR count). The first-order chi connectivity index (χ1) is 20.1. The second kappa shape index (κ2) is 11.6. The molecule has 0 atom stereocenters. The molecular weight excluding hydrogens is 494 g/mol. The largest absolute Gasteiger partial charge is 0.253 e. The Morgan fingerprint density at radius 2 is 1.12 bits per heavy atom. The molecule has 198 valence electrons. The smallest absolute Gasteiger partial charge is 0.0662 e. The van der Waals surface area contributed by atoms with Gasteiger partial charge in [0, 0.05) is 5.71 Å². The van der Waals surface area contributed by atoms with Crippen LogP contribution in [0.15, 0.2) is 151 Å². The van der Waals surface area contributed by atoms with Gasteiger partial charge in [-0.2, -0.15) is 0 Å². The van der Waals surface area contributed by atoms with E-state index >= 15 is 0 Å². The maximum atomic E-state index is 4.87. The average Bonchev–Trinajstić information content (AvgIpc) is 3.02. The van der Waals surface area contributed by atoms with Crippen molar-refractivity contribution in [3.05, 3.63) is 162 Å². The number of hydrogen-bond donors (Lipinski definition) is 0. The van der Waals surface area contributed by atoms with Crippen LogP contribution in [0.3, 0.4) is 0 Å². The van der Waals surface area contributed by atoms with Crippen LogP contribution in [-0.2, 0) is 0 Å². The Morgan fingerprint density at radius 1 is 0.512 bits per heavy atom. The zero-order chi connectivity index (χ0) is 28.2. The molecule has 0 spiro atoms. The first-order valence-electron chi connectivity index (χ1n) is 14.1. The maximum absolute atomic E-state index is 4.87. The minimum absolute atomic E-state index is 1.02. The second-order valence-electron chi connectivity index (χ2n) is 10.6. The normalized spacial score (nSPS) is 11.4. The van der Waals surface area contributed by atoms with Gasteiger partial charge in [-0.3, -0.25) is 4.99 Å². The third kappa shape index (κ3) is 5.53. The SMILES string of the molecule is CC(=Nc1ccccc1C)c1ccc(-c2cc3ccc4ccccc4c3c3ccccc23)cc1.Cc1ccccc1. The minimum atomic E-state index is 1.02. The summed E-state index contributed by atoms with van der Waals surface area (Å²) in [4.78, 5) is 4.87. The van der Waals surface area contributed by atoms with Crippen molar-refractivity contribution in [2.45, 2.75) is 20.8 Å². The zero-order valence-electron chi connectivity index (χ0n) is 23.8. The predicted molar refractivity (Wildman–Crippen MR) is 179 cm³/mol. The van der Waals surface area contributed by atoms with Gasteiger partial charge in [0.15, 0.2) is 0 Å². The van der Waals surface area contributed by atoms with Crippen LogP contribution in [0.4, 0.5) is 5.69 Å². The summed E-state index contributed by atoms with van der Waals surface area (Å²) in [6, 6.07) is 51.6. The van der Waals surface area contributed by atoms with Gasteiger partial charge in [-0.1, -0.05) is 139 Å². The molecule has 0 amide bonds. The Hall–Kier alpha value is -5.01. The summed E-state index contributed by atoms with van der Waals surface area (Å²) in [6.45, 7) is 6.27. The summed E-state index contributed by atoms with van der Waals surface area (Å²) in [5.41, 5.74) is 8.18. The van der Waals surface area contributed by atoms with E-state index in [1.54, 1.807) is 0 Å². The number of aliphatic imine (C=N–C) groups is 1. The van der Waals surface area contributed by atoms with Crippen LogP contribution in [0.25, 0.3) is 43.4 Å². The maximum Gasteiger partial charge on any atom is 0.0662 e. The fourth-order valence-corrected chi connectivity index (χ4v) is 5.48. The lowest BCUT2D eigenvalue weighted by atomic mass is 9.90. The van der Waals surface area contributed by atoms with Crippen molar-refractivity contribution >= 4 is 43.7 Å². The number of nitrogens with zero attached hydrogens (tertiary/aromatic N) is 1. The van der Waals surface area contributed by atoms with Crippen molar-refractivity contribution in [1.29, 1.82) is 0 Å². The first kappa shape index (κ1) is 26.2. The highest BCUT2D eigenvalue weighted by molar-refractivity contribution is 6.23. The molecule has 0 aliphatic rings. The van der Waals surface area contributed by atoms with Crippen LogP contribution in [-0.4, -0.2) is 5.71 Å². The van der Waals surface area contributed by atoms with Crippen LogP contribution in [0.1, 0.15) is 23.6 Å². The molecule has 0 aliphatic carbocycles. The van der Waals surface area contributed by atoms with E-state index in [0.717, 1.165) is 17.0 Å². The predicted octanol–water partition coefficient (Wildman–Crippen LogP) is 11.3. The van der Waals surface area contributed by atoms with Gasteiger partial charge in [0.25, 0.3) is 0 Å². The number of aryl methyl sites for hydroxylation is 2. The molecule has 1 nitrogen and oxygen atoms in total. The Kier molecular flexibility index (Phi) is 7.43. The van der Waals surface area contributed by atoms with Crippen LogP contribution in [0.5, 0.6) is 0 Å². The van der Waals surface area contributed by atoms with Crippen molar-refractivity contribution in [2.24, 2.45) is 4.99 Å². The molecular formula is C40H33N. The Labute approximate surface area is 242 Å². The fraction of sp³-hybridized carbons (Fsp3) is 0.0750. The van der Waals surface area contributed by atoms with E-state index in [0.29, 0.717) is 0 Å². The Balaban J connectivity index is 0.000000380. The van der Waals surface area contributed by atoms with E-state index in [-0.39, 0.29) is 0 Å². The monoisotopic (exact) mass is 527 g/mol. The number of benzene rings is 7. The molecule has 0 aromatic heterocycles. The summed E-state index contributed by atoms with van der Waals surface area (Å²) in [5, 5.41) is 7.77. The Morgan fingerprint density at radius 3 is 1.83 bits per heavy atom. The van der Waals surface area contributed by atoms with Gasteiger partial charge in [0.1, 0.15) is 0 Å². The fourth-order valence-electron chi connectivity index (χ4n) is 5.48. The van der Waals surface area contributed by atoms with Crippen LogP contribution in [0, 0.1) is 13.8 Å². The van der Waals surface area contributed by atoms with Crippen LogP contribution < -0.4 is 0 Å². The second-order valence-corrected chi connectivity index (χ2v) is 10.6. The highest BCUT2D eigenvalue weighted by Gasteiger charge is 2.11. The molecule has 0 bridgehead atoms. The molecule has 0 aliphatic heterocycles. The van der Waals surface area contributed by atoms with Gasteiger partial charge in [-0.05, 0) is 87.5 Å². The molecule has 0 N–H and O–H groups in total. The van der Waals surface area contributed by atoms with Gasteiger partial charge < -0.3 is 0 Å². The van der Waals surface area contributed by atoms with E-state index in [4.69, 9.17) is 4.99 Å². The number of fused-ring (bicyclic) bond motifs is 5. The molecule has 41 heavy (non-hydrogen) atoms. The zero-order valence-corrected chi connectivity index (χ0v) is 23.8. The molecule has 7 aromatic rings. The van der Waals surface area contributed by atoms with Crippen molar-refractivity contribution in [3.63, 3.8) is 0 Å². The van der Waals surface area contributed by atoms with Gasteiger partial charge in [0.05, 0.1) is 5.69 Å². The number of rotatable bonds is 3. The summed E-state index contributed by atoms with van der Waals surface area (Å²) < 4.78 is 0. The Bertz CT molecular complexity index is 2000. The van der Waals surface area contributed by atoms with Crippen molar-refractivity contribution < 1.29 is 0 Å². The first-order valence-corrected chi connectivity index (χ1v) is 14.1. The van der Waals surface area contributed by atoms with E-state index in [1.807, 2.05) is 24.3 Å². The van der Waals surface area contributed by atoms with Crippen molar-refractivity contribution in [3.8, 4) is 11.1 Å². The topological polar surface area (TPSA) is 12.4 Å². The molecule has 0 fully saturated rings. The summed E-state index contributed by atoms with van der Waals surface area (Å²) in [5.74, 6) is 0. The standard InChI is InChI=1S/C33H25N.C7H8/c1-22-9-3-8-14-32(22)34-23(2)24-15-17-26(18-16-24)31-21-27-20-19-25-10-4-5-11-28(25)33(27)30-13-7-6-12-29(30)31;1-7-5-3-2-4-6-7/h3-21H,1-2H3;2-6H,1H3. The highest BCUT2D eigenvalue weighted by atomic mass is 14.7. The molecule has 1 heteroatoms. The van der Waals surface area contributed by atoms with Gasteiger partial charge >= 0.3 is 0 Å². The molecule has 0 radical (unpaired) electrons. The third-order valence-corrected chi connectivity index (χ3v) is 7.71.